The molecule has 0 aromatic heterocycles. The molecule has 0 N–H and O–H groups in total. The largest absolute Gasteiger partial charge is 0.488 e. The van der Waals surface area contributed by atoms with Gasteiger partial charge < -0.3 is 28.4 Å². The Labute approximate surface area is 339 Å². The Morgan fingerprint density at radius 1 is 0.509 bits per heavy atom. The molecule has 0 aliphatic rings. The van der Waals surface area contributed by atoms with E-state index in [4.69, 9.17) is 28.4 Å². The van der Waals surface area contributed by atoms with Crippen LogP contribution in [0.4, 0.5) is 0 Å². The summed E-state index contributed by atoms with van der Waals surface area (Å²) in [4.78, 5) is 25.8. The van der Waals surface area contributed by atoms with Crippen molar-refractivity contribution in [3.63, 3.8) is 0 Å². The maximum Gasteiger partial charge on any atom is 0.306 e. The first-order valence-corrected chi connectivity index (χ1v) is 22.1. The molecule has 55 heavy (non-hydrogen) atoms. The topological polar surface area (TPSA) is 89.5 Å². The molecule has 9 heteroatoms. The van der Waals surface area contributed by atoms with Crippen LogP contribution in [0.25, 0.3) is 21.5 Å². The lowest BCUT2D eigenvalue weighted by Crippen LogP contribution is -2.30. The van der Waals surface area contributed by atoms with E-state index in [0.717, 1.165) is 116 Å². The van der Waals surface area contributed by atoms with Crippen LogP contribution in [0.5, 0.6) is 11.5 Å². The standard InChI is InChI=1S/C46H69BrO8/c1-5-9-13-17-25-43(48)54-37(32-50-29-21-15-11-7-3)34-52-45-39-23-19-20-24-40(39)46(42-31-36(47)27-28-41(42)45)53-35-38(33-51-30-22-16-12-8-4)55-44(49)26-18-14-10-6-2/h19-20,23-24,27-28,31,37-38H,5-18,21-22,25-26,29-30,32-35H2,1-4H3. The highest BCUT2D eigenvalue weighted by atomic mass is 79.9. The summed E-state index contributed by atoms with van der Waals surface area (Å²) in [5.74, 6) is 0.920. The minimum Gasteiger partial charge on any atom is -0.488 e. The van der Waals surface area contributed by atoms with Gasteiger partial charge >= 0.3 is 11.9 Å². The highest BCUT2D eigenvalue weighted by Gasteiger charge is 2.23. The molecule has 0 saturated heterocycles. The average molecular weight is 830 g/mol. The van der Waals surface area contributed by atoms with Crippen molar-refractivity contribution in [1.29, 1.82) is 0 Å². The molecule has 0 fully saturated rings. The van der Waals surface area contributed by atoms with Crippen LogP contribution in [-0.2, 0) is 28.5 Å². The van der Waals surface area contributed by atoms with Gasteiger partial charge in [0, 0.05) is 52.1 Å². The SMILES string of the molecule is CCCCCCOCC(COc1c2ccccc2c(OCC(COCCCCCC)OC(=O)CCCCCC)c2cc(Br)ccc12)OC(=O)CCCCCC. The summed E-state index contributed by atoms with van der Waals surface area (Å²) in [6, 6.07) is 14.0. The minimum atomic E-state index is -0.555. The van der Waals surface area contributed by atoms with Gasteiger partial charge in [-0.2, -0.15) is 0 Å². The molecule has 0 saturated carbocycles. The van der Waals surface area contributed by atoms with E-state index >= 15 is 0 Å². The monoisotopic (exact) mass is 828 g/mol. The number of fused-ring (bicyclic) bond motifs is 2. The third-order valence-corrected chi connectivity index (χ3v) is 10.2. The van der Waals surface area contributed by atoms with Crippen LogP contribution in [0, 0.1) is 0 Å². The number of halogens is 1. The Hall–Kier alpha value is -2.88. The maximum atomic E-state index is 12.9. The molecule has 2 atom stereocenters. The predicted octanol–water partition coefficient (Wildman–Crippen LogP) is 12.5. The Kier molecular flexibility index (Phi) is 24.1. The summed E-state index contributed by atoms with van der Waals surface area (Å²) in [5.41, 5.74) is 0. The van der Waals surface area contributed by atoms with Crippen molar-refractivity contribution in [1.82, 2.24) is 0 Å². The van der Waals surface area contributed by atoms with Gasteiger partial charge in [0.15, 0.2) is 12.2 Å². The summed E-state index contributed by atoms with van der Waals surface area (Å²) < 4.78 is 38.2. The van der Waals surface area contributed by atoms with Crippen LogP contribution >= 0.6 is 15.9 Å². The van der Waals surface area contributed by atoms with Gasteiger partial charge in [-0.15, -0.1) is 0 Å². The maximum absolute atomic E-state index is 12.9. The van der Waals surface area contributed by atoms with Crippen molar-refractivity contribution in [3.05, 3.63) is 46.9 Å². The molecule has 3 aromatic carbocycles. The normalized spacial score (nSPS) is 12.5. The fraction of sp³-hybridized carbons (Fsp3) is 0.652. The van der Waals surface area contributed by atoms with E-state index in [1.54, 1.807) is 0 Å². The number of esters is 2. The van der Waals surface area contributed by atoms with Gasteiger partial charge in [-0.1, -0.05) is 145 Å². The van der Waals surface area contributed by atoms with Crippen LogP contribution < -0.4 is 9.47 Å². The first-order valence-electron chi connectivity index (χ1n) is 21.4. The number of hydrogen-bond donors (Lipinski definition) is 0. The third kappa shape index (κ3) is 17.9. The first-order chi connectivity index (χ1) is 26.9. The van der Waals surface area contributed by atoms with Crippen LogP contribution in [0.1, 0.15) is 143 Å². The molecule has 3 aromatic rings. The van der Waals surface area contributed by atoms with Gasteiger partial charge in [0.2, 0.25) is 0 Å². The zero-order valence-electron chi connectivity index (χ0n) is 34.3. The number of carbonyl (C=O) groups is 2. The van der Waals surface area contributed by atoms with E-state index in [1.165, 1.54) is 12.8 Å². The lowest BCUT2D eigenvalue weighted by atomic mass is 10.0. The molecular formula is C46H69BrO8. The van der Waals surface area contributed by atoms with Gasteiger partial charge in [-0.05, 0) is 43.9 Å². The predicted molar refractivity (Wildman–Crippen MR) is 227 cm³/mol. The van der Waals surface area contributed by atoms with Crippen molar-refractivity contribution < 1.29 is 38.0 Å². The van der Waals surface area contributed by atoms with E-state index in [0.29, 0.717) is 37.6 Å². The quantitative estimate of drug-likeness (QED) is 0.0349. The second-order valence-electron chi connectivity index (χ2n) is 14.6. The highest BCUT2D eigenvalue weighted by Crippen LogP contribution is 2.44. The van der Waals surface area contributed by atoms with Gasteiger partial charge in [-0.25, -0.2) is 0 Å². The summed E-state index contributed by atoms with van der Waals surface area (Å²) in [6.45, 7) is 10.8. The molecule has 2 unspecified atom stereocenters. The molecule has 0 radical (unpaired) electrons. The van der Waals surface area contributed by atoms with E-state index in [2.05, 4.69) is 43.6 Å². The van der Waals surface area contributed by atoms with Crippen molar-refractivity contribution in [2.75, 3.05) is 39.6 Å². The third-order valence-electron chi connectivity index (χ3n) is 9.67. The molecule has 0 bridgehead atoms. The second kappa shape index (κ2) is 28.5. The Balaban J connectivity index is 1.85. The number of rotatable bonds is 32. The van der Waals surface area contributed by atoms with Crippen LogP contribution in [0.15, 0.2) is 46.9 Å². The van der Waals surface area contributed by atoms with Crippen molar-refractivity contribution in [2.24, 2.45) is 0 Å². The highest BCUT2D eigenvalue weighted by molar-refractivity contribution is 9.10. The number of carbonyl (C=O) groups excluding carboxylic acids is 2. The number of unbranched alkanes of at least 4 members (excludes halogenated alkanes) is 12. The lowest BCUT2D eigenvalue weighted by molar-refractivity contribution is -0.155. The molecule has 308 valence electrons. The minimum absolute atomic E-state index is 0.146. The lowest BCUT2D eigenvalue weighted by Gasteiger charge is -2.23. The smallest absolute Gasteiger partial charge is 0.306 e. The second-order valence-corrected chi connectivity index (χ2v) is 15.5. The van der Waals surface area contributed by atoms with E-state index in [-0.39, 0.29) is 38.4 Å². The molecule has 0 aliphatic heterocycles. The average Bonchev–Trinajstić information content (AvgIpc) is 3.18. The number of benzene rings is 3. The number of ether oxygens (including phenoxy) is 6. The summed E-state index contributed by atoms with van der Waals surface area (Å²) in [7, 11) is 0. The van der Waals surface area contributed by atoms with Gasteiger partial charge in [0.25, 0.3) is 0 Å². The Morgan fingerprint density at radius 3 is 1.38 bits per heavy atom. The van der Waals surface area contributed by atoms with Gasteiger partial charge in [0.05, 0.1) is 13.2 Å². The van der Waals surface area contributed by atoms with Crippen molar-refractivity contribution in [3.8, 4) is 11.5 Å². The van der Waals surface area contributed by atoms with Crippen molar-refractivity contribution >= 4 is 49.4 Å². The molecule has 0 heterocycles. The fourth-order valence-corrected chi connectivity index (χ4v) is 6.90. The fourth-order valence-electron chi connectivity index (χ4n) is 6.54. The molecule has 8 nitrogen and oxygen atoms in total. The summed E-state index contributed by atoms with van der Waals surface area (Å²) in [5, 5.41) is 3.45. The van der Waals surface area contributed by atoms with Crippen LogP contribution in [0.2, 0.25) is 0 Å². The van der Waals surface area contributed by atoms with Crippen LogP contribution in [0.3, 0.4) is 0 Å². The summed E-state index contributed by atoms with van der Waals surface area (Å²) >= 11 is 3.67. The van der Waals surface area contributed by atoms with Crippen LogP contribution in [-0.4, -0.2) is 63.8 Å². The van der Waals surface area contributed by atoms with E-state index in [9.17, 15) is 9.59 Å². The van der Waals surface area contributed by atoms with Gasteiger partial charge in [-0.3, -0.25) is 9.59 Å². The zero-order chi connectivity index (χ0) is 39.5. The van der Waals surface area contributed by atoms with E-state index in [1.807, 2.05) is 42.5 Å². The van der Waals surface area contributed by atoms with Crippen molar-refractivity contribution in [2.45, 2.75) is 155 Å². The molecule has 0 aliphatic carbocycles. The summed E-state index contributed by atoms with van der Waals surface area (Å²) in [6.07, 6.45) is 16.6. The molecule has 0 spiro atoms. The molecule has 0 amide bonds. The first kappa shape index (κ1) is 46.5. The Bertz CT molecular complexity index is 1510. The van der Waals surface area contributed by atoms with E-state index < -0.39 is 12.2 Å². The Morgan fingerprint density at radius 2 is 0.927 bits per heavy atom. The van der Waals surface area contributed by atoms with Gasteiger partial charge in [0.1, 0.15) is 24.7 Å². The zero-order valence-corrected chi connectivity index (χ0v) is 35.9. The molecule has 3 rings (SSSR count). The molecular weight excluding hydrogens is 760 g/mol. The number of hydrogen-bond acceptors (Lipinski definition) is 8.